The molecule has 1 aromatic carbocycles. The van der Waals surface area contributed by atoms with Gasteiger partial charge in [0.1, 0.15) is 5.82 Å². The van der Waals surface area contributed by atoms with E-state index in [4.69, 9.17) is 0 Å². The Kier molecular flexibility index (Phi) is 5.10. The number of hydrogen-bond donors (Lipinski definition) is 1. The van der Waals surface area contributed by atoms with Gasteiger partial charge in [0.15, 0.2) is 0 Å². The number of amides is 1. The molecular weight excluding hydrogens is 336 g/mol. The number of benzene rings is 1. The van der Waals surface area contributed by atoms with E-state index in [1.807, 2.05) is 42.5 Å². The molecule has 0 aliphatic carbocycles. The van der Waals surface area contributed by atoms with Gasteiger partial charge >= 0.3 is 0 Å². The molecule has 0 radical (unpaired) electrons. The second-order valence-electron chi connectivity index (χ2n) is 6.70. The maximum atomic E-state index is 12.3. The van der Waals surface area contributed by atoms with Crippen LogP contribution in [0, 0.1) is 0 Å². The molecule has 1 amide bonds. The molecule has 1 fully saturated rings. The van der Waals surface area contributed by atoms with E-state index in [2.05, 4.69) is 20.2 Å². The fourth-order valence-corrected chi connectivity index (χ4v) is 3.38. The van der Waals surface area contributed by atoms with Gasteiger partial charge in [-0.15, -0.1) is 0 Å². The van der Waals surface area contributed by atoms with Gasteiger partial charge in [-0.25, -0.2) is 4.98 Å². The first-order chi connectivity index (χ1) is 13.3. The molecule has 0 saturated carbocycles. The highest BCUT2D eigenvalue weighted by Gasteiger charge is 2.11. The topological polar surface area (TPSA) is 58.1 Å². The molecule has 1 N–H and O–H groups in total. The van der Waals surface area contributed by atoms with Crippen molar-refractivity contribution >= 4 is 34.4 Å². The van der Waals surface area contributed by atoms with Gasteiger partial charge in [-0.2, -0.15) is 0 Å². The molecule has 5 nitrogen and oxygen atoms in total. The Labute approximate surface area is 158 Å². The van der Waals surface area contributed by atoms with Crippen molar-refractivity contribution in [2.45, 2.75) is 19.3 Å². The number of para-hydroxylation sites is 1. The Morgan fingerprint density at radius 2 is 1.85 bits per heavy atom. The predicted octanol–water partition coefficient (Wildman–Crippen LogP) is 4.27. The summed E-state index contributed by atoms with van der Waals surface area (Å²) in [6, 6.07) is 13.7. The molecule has 0 bridgehead atoms. The molecule has 1 aliphatic rings. The van der Waals surface area contributed by atoms with Crippen molar-refractivity contribution in [1.29, 1.82) is 0 Å². The van der Waals surface area contributed by atoms with E-state index in [9.17, 15) is 4.79 Å². The summed E-state index contributed by atoms with van der Waals surface area (Å²) in [6.45, 7) is 2.11. The van der Waals surface area contributed by atoms with E-state index >= 15 is 0 Å². The lowest BCUT2D eigenvalue weighted by Gasteiger charge is -2.27. The van der Waals surface area contributed by atoms with E-state index in [1.165, 1.54) is 25.3 Å². The summed E-state index contributed by atoms with van der Waals surface area (Å²) in [5.74, 6) is 0.792. The standard InChI is InChI=1S/C22H22N4O/c27-21(12-9-18-7-4-6-17-8-5-13-23-22(17)18)25-19-10-11-20(24-16-19)26-14-2-1-3-15-26/h4-13,16H,1-3,14-15H2,(H,25,27)/b12-9+. The summed E-state index contributed by atoms with van der Waals surface area (Å²) in [5, 5.41) is 3.92. The number of nitrogens with one attached hydrogen (secondary N) is 1. The first kappa shape index (κ1) is 17.2. The third kappa shape index (κ3) is 4.14. The Bertz CT molecular complexity index is 954. The van der Waals surface area contributed by atoms with Gasteiger partial charge in [0.2, 0.25) is 5.91 Å². The first-order valence-electron chi connectivity index (χ1n) is 9.33. The third-order valence-electron chi connectivity index (χ3n) is 4.77. The van der Waals surface area contributed by atoms with E-state index in [0.29, 0.717) is 5.69 Å². The highest BCUT2D eigenvalue weighted by atomic mass is 16.1. The maximum absolute atomic E-state index is 12.3. The number of carbonyl (C=O) groups excluding carboxylic acids is 1. The summed E-state index contributed by atoms with van der Waals surface area (Å²) in [5.41, 5.74) is 2.50. The number of carbonyl (C=O) groups is 1. The van der Waals surface area contributed by atoms with Gasteiger partial charge in [0, 0.05) is 36.3 Å². The van der Waals surface area contributed by atoms with Crippen LogP contribution >= 0.6 is 0 Å². The molecular formula is C22H22N4O. The lowest BCUT2D eigenvalue weighted by molar-refractivity contribution is -0.111. The second-order valence-corrected chi connectivity index (χ2v) is 6.70. The van der Waals surface area contributed by atoms with Crippen LogP contribution in [-0.4, -0.2) is 29.0 Å². The molecule has 2 aromatic heterocycles. The minimum Gasteiger partial charge on any atom is -0.357 e. The zero-order chi connectivity index (χ0) is 18.5. The van der Waals surface area contributed by atoms with Crippen molar-refractivity contribution in [2.75, 3.05) is 23.3 Å². The number of pyridine rings is 2. The van der Waals surface area contributed by atoms with Gasteiger partial charge in [-0.05, 0) is 43.5 Å². The van der Waals surface area contributed by atoms with Crippen molar-refractivity contribution in [2.24, 2.45) is 0 Å². The number of aromatic nitrogens is 2. The van der Waals surface area contributed by atoms with Gasteiger partial charge in [-0.1, -0.05) is 24.3 Å². The molecule has 4 rings (SSSR count). The second kappa shape index (κ2) is 7.99. The van der Waals surface area contributed by atoms with Crippen LogP contribution in [0.15, 0.2) is 60.9 Å². The van der Waals surface area contributed by atoms with Crippen LogP contribution in [0.5, 0.6) is 0 Å². The fourth-order valence-electron chi connectivity index (χ4n) is 3.38. The summed E-state index contributed by atoms with van der Waals surface area (Å²) in [4.78, 5) is 23.4. The third-order valence-corrected chi connectivity index (χ3v) is 4.77. The van der Waals surface area contributed by atoms with Crippen molar-refractivity contribution < 1.29 is 4.79 Å². The van der Waals surface area contributed by atoms with Crippen LogP contribution in [0.25, 0.3) is 17.0 Å². The summed E-state index contributed by atoms with van der Waals surface area (Å²) in [6.07, 6.45) is 10.5. The Balaban J connectivity index is 1.42. The number of nitrogens with zero attached hydrogens (tertiary/aromatic N) is 3. The zero-order valence-electron chi connectivity index (χ0n) is 15.1. The number of anilines is 2. The van der Waals surface area contributed by atoms with Crippen LogP contribution < -0.4 is 10.2 Å². The van der Waals surface area contributed by atoms with Crippen LogP contribution in [0.3, 0.4) is 0 Å². The highest BCUT2D eigenvalue weighted by Crippen LogP contribution is 2.19. The largest absolute Gasteiger partial charge is 0.357 e. The average Bonchev–Trinajstić information content (AvgIpc) is 2.73. The van der Waals surface area contributed by atoms with Gasteiger partial charge in [-0.3, -0.25) is 9.78 Å². The number of fused-ring (bicyclic) bond motifs is 1. The Morgan fingerprint density at radius 1 is 1.00 bits per heavy atom. The quantitative estimate of drug-likeness (QED) is 0.708. The molecule has 27 heavy (non-hydrogen) atoms. The predicted molar refractivity (Wildman–Crippen MR) is 110 cm³/mol. The summed E-state index contributed by atoms with van der Waals surface area (Å²) >= 11 is 0. The van der Waals surface area contributed by atoms with Crippen molar-refractivity contribution in [3.8, 4) is 0 Å². The smallest absolute Gasteiger partial charge is 0.248 e. The number of hydrogen-bond acceptors (Lipinski definition) is 4. The Hall–Kier alpha value is -3.21. The molecule has 0 unspecified atom stereocenters. The molecule has 0 atom stereocenters. The normalized spacial score (nSPS) is 14.6. The molecule has 0 spiro atoms. The summed E-state index contributed by atoms with van der Waals surface area (Å²) in [7, 11) is 0. The molecule has 3 heterocycles. The van der Waals surface area contributed by atoms with Crippen LogP contribution in [0.4, 0.5) is 11.5 Å². The molecule has 136 valence electrons. The monoisotopic (exact) mass is 358 g/mol. The lowest BCUT2D eigenvalue weighted by atomic mass is 10.1. The van der Waals surface area contributed by atoms with E-state index in [-0.39, 0.29) is 5.91 Å². The minimum absolute atomic E-state index is 0.185. The molecule has 5 heteroatoms. The fraction of sp³-hybridized carbons (Fsp3) is 0.227. The van der Waals surface area contributed by atoms with Gasteiger partial charge < -0.3 is 10.2 Å². The highest BCUT2D eigenvalue weighted by molar-refractivity contribution is 6.03. The van der Waals surface area contributed by atoms with Crippen molar-refractivity contribution in [3.63, 3.8) is 0 Å². The van der Waals surface area contributed by atoms with Crippen LogP contribution in [-0.2, 0) is 4.79 Å². The van der Waals surface area contributed by atoms with Crippen LogP contribution in [0.2, 0.25) is 0 Å². The number of piperidine rings is 1. The lowest BCUT2D eigenvalue weighted by Crippen LogP contribution is -2.30. The summed E-state index contributed by atoms with van der Waals surface area (Å²) < 4.78 is 0. The average molecular weight is 358 g/mol. The number of rotatable bonds is 4. The SMILES string of the molecule is O=C(/C=C/c1cccc2cccnc12)Nc1ccc(N2CCCCC2)nc1. The first-order valence-corrected chi connectivity index (χ1v) is 9.33. The molecule has 1 saturated heterocycles. The zero-order valence-corrected chi connectivity index (χ0v) is 15.1. The van der Waals surface area contributed by atoms with Crippen molar-refractivity contribution in [1.82, 2.24) is 9.97 Å². The molecule has 3 aromatic rings. The van der Waals surface area contributed by atoms with Crippen molar-refractivity contribution in [3.05, 3.63) is 66.5 Å². The van der Waals surface area contributed by atoms with E-state index in [0.717, 1.165) is 35.4 Å². The van der Waals surface area contributed by atoms with Gasteiger partial charge in [0.25, 0.3) is 0 Å². The van der Waals surface area contributed by atoms with Gasteiger partial charge in [0.05, 0.1) is 17.4 Å². The van der Waals surface area contributed by atoms with Crippen LogP contribution in [0.1, 0.15) is 24.8 Å². The van der Waals surface area contributed by atoms with E-state index < -0.39 is 0 Å². The van der Waals surface area contributed by atoms with E-state index in [1.54, 1.807) is 18.5 Å². The Morgan fingerprint density at radius 3 is 2.67 bits per heavy atom. The minimum atomic E-state index is -0.185. The maximum Gasteiger partial charge on any atom is 0.248 e. The molecule has 1 aliphatic heterocycles.